The molecule has 0 bridgehead atoms. The topological polar surface area (TPSA) is 12.5 Å². The zero-order chi connectivity index (χ0) is 14.7. The van der Waals surface area contributed by atoms with Crippen LogP contribution in [0.15, 0.2) is 42.5 Å². The summed E-state index contributed by atoms with van der Waals surface area (Å²) in [6.45, 7) is 3.24. The van der Waals surface area contributed by atoms with E-state index in [0.717, 1.165) is 43.2 Å². The van der Waals surface area contributed by atoms with Gasteiger partial charge in [-0.15, -0.1) is 0 Å². The zero-order valence-corrected chi connectivity index (χ0v) is 13.1. The largest absolute Gasteiger partial charge is 0.497 e. The lowest BCUT2D eigenvalue weighted by Gasteiger charge is -2.29. The lowest BCUT2D eigenvalue weighted by Crippen LogP contribution is -2.32. The van der Waals surface area contributed by atoms with Crippen LogP contribution in [0.25, 0.3) is 0 Å². The molecule has 0 amide bonds. The smallest absolute Gasteiger partial charge is 0.119 e. The molecule has 2 aromatic carbocycles. The second-order valence-corrected chi connectivity index (χ2v) is 5.97. The first kappa shape index (κ1) is 14.4. The SMILES string of the molecule is COc1ccc2c(c1)CCN(CCc1ccc(Cl)cc1)C2. The van der Waals surface area contributed by atoms with Crippen molar-refractivity contribution < 1.29 is 4.74 Å². The molecule has 0 saturated heterocycles. The molecule has 0 saturated carbocycles. The maximum absolute atomic E-state index is 5.92. The molecule has 2 nitrogen and oxygen atoms in total. The van der Waals surface area contributed by atoms with Crippen LogP contribution in [-0.4, -0.2) is 25.1 Å². The van der Waals surface area contributed by atoms with Crippen LogP contribution in [0.5, 0.6) is 5.75 Å². The third kappa shape index (κ3) is 3.58. The number of fused-ring (bicyclic) bond motifs is 1. The molecule has 0 spiro atoms. The van der Waals surface area contributed by atoms with Crippen LogP contribution >= 0.6 is 11.6 Å². The minimum atomic E-state index is 0.805. The van der Waals surface area contributed by atoms with Crippen LogP contribution < -0.4 is 4.74 Å². The molecular formula is C18H20ClNO. The number of ether oxygens (including phenoxy) is 1. The molecule has 1 heterocycles. The summed E-state index contributed by atoms with van der Waals surface area (Å²) >= 11 is 5.92. The number of hydrogen-bond acceptors (Lipinski definition) is 2. The quantitative estimate of drug-likeness (QED) is 0.848. The highest BCUT2D eigenvalue weighted by atomic mass is 35.5. The van der Waals surface area contributed by atoms with Crippen molar-refractivity contribution in [2.24, 2.45) is 0 Å². The first-order valence-corrected chi connectivity index (χ1v) is 7.75. The molecule has 1 aliphatic rings. The van der Waals surface area contributed by atoms with E-state index < -0.39 is 0 Å². The number of rotatable bonds is 4. The van der Waals surface area contributed by atoms with Gasteiger partial charge in [0.05, 0.1) is 7.11 Å². The molecule has 0 radical (unpaired) electrons. The molecule has 1 aliphatic heterocycles. The average molecular weight is 302 g/mol. The van der Waals surface area contributed by atoms with Crippen molar-refractivity contribution in [3.63, 3.8) is 0 Å². The fourth-order valence-corrected chi connectivity index (χ4v) is 2.97. The third-order valence-electron chi connectivity index (χ3n) is 4.13. The summed E-state index contributed by atoms with van der Waals surface area (Å²) in [5.74, 6) is 0.961. The van der Waals surface area contributed by atoms with Gasteiger partial charge in [-0.05, 0) is 53.8 Å². The van der Waals surface area contributed by atoms with E-state index in [1.807, 2.05) is 12.1 Å². The van der Waals surface area contributed by atoms with Crippen LogP contribution in [0.1, 0.15) is 16.7 Å². The second kappa shape index (κ2) is 6.50. The molecule has 3 rings (SSSR count). The highest BCUT2D eigenvalue weighted by Crippen LogP contribution is 2.23. The summed E-state index contributed by atoms with van der Waals surface area (Å²) < 4.78 is 5.30. The average Bonchev–Trinajstić information content (AvgIpc) is 2.53. The van der Waals surface area contributed by atoms with Crippen LogP contribution in [0.2, 0.25) is 5.02 Å². The molecule has 0 aromatic heterocycles. The van der Waals surface area contributed by atoms with Gasteiger partial charge in [-0.25, -0.2) is 0 Å². The second-order valence-electron chi connectivity index (χ2n) is 5.54. The maximum Gasteiger partial charge on any atom is 0.119 e. The number of halogens is 1. The fraction of sp³-hybridized carbons (Fsp3) is 0.333. The third-order valence-corrected chi connectivity index (χ3v) is 4.39. The van der Waals surface area contributed by atoms with Gasteiger partial charge < -0.3 is 4.74 Å². The lowest BCUT2D eigenvalue weighted by molar-refractivity contribution is 0.257. The van der Waals surface area contributed by atoms with Crippen molar-refractivity contribution in [1.29, 1.82) is 0 Å². The van der Waals surface area contributed by atoms with Crippen LogP contribution in [0.3, 0.4) is 0 Å². The number of benzene rings is 2. The van der Waals surface area contributed by atoms with Gasteiger partial charge in [0.1, 0.15) is 5.75 Å². The number of methoxy groups -OCH3 is 1. The van der Waals surface area contributed by atoms with Crippen molar-refractivity contribution in [3.8, 4) is 5.75 Å². The summed E-state index contributed by atoms with van der Waals surface area (Å²) in [5.41, 5.74) is 4.20. The van der Waals surface area contributed by atoms with Crippen molar-refractivity contribution in [1.82, 2.24) is 4.90 Å². The van der Waals surface area contributed by atoms with Gasteiger partial charge in [0, 0.05) is 24.7 Å². The van der Waals surface area contributed by atoms with E-state index in [-0.39, 0.29) is 0 Å². The molecule has 0 atom stereocenters. The molecule has 0 aliphatic carbocycles. The van der Waals surface area contributed by atoms with Crippen molar-refractivity contribution in [2.75, 3.05) is 20.2 Å². The van der Waals surface area contributed by atoms with E-state index in [0.29, 0.717) is 0 Å². The molecule has 0 N–H and O–H groups in total. The highest BCUT2D eigenvalue weighted by Gasteiger charge is 2.16. The first-order chi connectivity index (χ1) is 10.2. The van der Waals surface area contributed by atoms with Gasteiger partial charge in [-0.3, -0.25) is 4.90 Å². The minimum absolute atomic E-state index is 0.805. The van der Waals surface area contributed by atoms with Crippen molar-refractivity contribution >= 4 is 11.6 Å². The summed E-state index contributed by atoms with van der Waals surface area (Å²) in [5, 5.41) is 0.805. The highest BCUT2D eigenvalue weighted by molar-refractivity contribution is 6.30. The Hall–Kier alpha value is -1.51. The Morgan fingerprint density at radius 1 is 1.10 bits per heavy atom. The number of nitrogens with zero attached hydrogens (tertiary/aromatic N) is 1. The van der Waals surface area contributed by atoms with E-state index in [1.165, 1.54) is 16.7 Å². The Morgan fingerprint density at radius 3 is 2.67 bits per heavy atom. The van der Waals surface area contributed by atoms with Crippen LogP contribution in [-0.2, 0) is 19.4 Å². The Morgan fingerprint density at radius 2 is 1.90 bits per heavy atom. The summed E-state index contributed by atoms with van der Waals surface area (Å²) in [6.07, 6.45) is 2.18. The number of hydrogen-bond donors (Lipinski definition) is 0. The molecule has 0 fully saturated rings. The maximum atomic E-state index is 5.92. The Balaban J connectivity index is 1.60. The van der Waals surface area contributed by atoms with Crippen LogP contribution in [0.4, 0.5) is 0 Å². The zero-order valence-electron chi connectivity index (χ0n) is 12.3. The van der Waals surface area contributed by atoms with E-state index in [9.17, 15) is 0 Å². The van der Waals surface area contributed by atoms with Crippen molar-refractivity contribution in [3.05, 3.63) is 64.2 Å². The molecule has 2 aromatic rings. The summed E-state index contributed by atoms with van der Waals surface area (Å²) in [7, 11) is 1.73. The van der Waals surface area contributed by atoms with E-state index in [1.54, 1.807) is 7.11 Å². The predicted molar refractivity (Wildman–Crippen MR) is 87.1 cm³/mol. The summed E-state index contributed by atoms with van der Waals surface area (Å²) in [6, 6.07) is 14.6. The van der Waals surface area contributed by atoms with E-state index >= 15 is 0 Å². The Kier molecular flexibility index (Phi) is 4.47. The Labute approximate surface area is 131 Å². The fourth-order valence-electron chi connectivity index (χ4n) is 2.84. The van der Waals surface area contributed by atoms with Crippen LogP contribution in [0, 0.1) is 0 Å². The van der Waals surface area contributed by atoms with Gasteiger partial charge in [0.2, 0.25) is 0 Å². The first-order valence-electron chi connectivity index (χ1n) is 7.37. The standard InChI is InChI=1S/C18H20ClNO/c1-21-18-7-4-16-13-20(11-9-15(16)12-18)10-8-14-2-5-17(19)6-3-14/h2-7,12H,8-11,13H2,1H3. The monoisotopic (exact) mass is 301 g/mol. The van der Waals surface area contributed by atoms with Gasteiger partial charge in [0.25, 0.3) is 0 Å². The van der Waals surface area contributed by atoms with E-state index in [2.05, 4.69) is 35.2 Å². The lowest BCUT2D eigenvalue weighted by atomic mass is 9.99. The van der Waals surface area contributed by atoms with Gasteiger partial charge in [0.15, 0.2) is 0 Å². The van der Waals surface area contributed by atoms with Crippen molar-refractivity contribution in [2.45, 2.75) is 19.4 Å². The van der Waals surface area contributed by atoms with Gasteiger partial charge in [-0.2, -0.15) is 0 Å². The predicted octanol–water partition coefficient (Wildman–Crippen LogP) is 3.95. The normalized spacial score (nSPS) is 14.8. The summed E-state index contributed by atoms with van der Waals surface area (Å²) in [4.78, 5) is 2.52. The van der Waals surface area contributed by atoms with Gasteiger partial charge in [-0.1, -0.05) is 29.8 Å². The molecule has 3 heteroatoms. The minimum Gasteiger partial charge on any atom is -0.497 e. The molecule has 0 unspecified atom stereocenters. The molecular weight excluding hydrogens is 282 g/mol. The van der Waals surface area contributed by atoms with Gasteiger partial charge >= 0.3 is 0 Å². The van der Waals surface area contributed by atoms with E-state index in [4.69, 9.17) is 16.3 Å². The molecule has 21 heavy (non-hydrogen) atoms. The Bertz CT molecular complexity index is 609. The molecule has 110 valence electrons.